The van der Waals surface area contributed by atoms with Gasteiger partial charge in [0.15, 0.2) is 5.60 Å². The molecule has 0 atom stereocenters. The maximum Gasteiger partial charge on any atom is 0.347 e. The van der Waals surface area contributed by atoms with E-state index in [1.54, 1.807) is 12.1 Å². The number of rotatable bonds is 9. The molecule has 0 fully saturated rings. The Kier molecular flexibility index (Phi) is 6.73. The average Bonchev–Trinajstić information content (AvgIpc) is 2.78. The van der Waals surface area contributed by atoms with Crippen molar-refractivity contribution in [2.75, 3.05) is 0 Å². The van der Waals surface area contributed by atoms with Gasteiger partial charge in [0.05, 0.1) is 15.4 Å². The van der Waals surface area contributed by atoms with Crippen molar-refractivity contribution >= 4 is 21.8 Å². The van der Waals surface area contributed by atoms with Gasteiger partial charge in [-0.3, -0.25) is 0 Å². The number of aromatic carboxylic acids is 1. The number of hydrogen-bond donors (Lipinski definition) is 2. The zero-order valence-electron chi connectivity index (χ0n) is 17.9. The molecule has 0 heterocycles. The van der Waals surface area contributed by atoms with Crippen molar-refractivity contribution in [2.45, 2.75) is 35.8 Å². The lowest BCUT2D eigenvalue weighted by atomic mass is 10.1. The second-order valence-electron chi connectivity index (χ2n) is 7.66. The molecule has 3 rings (SSSR count). The Balaban J connectivity index is 1.70. The largest absolute Gasteiger partial charge is 0.489 e. The molecule has 0 bridgehead atoms. The molecular formula is C24H22O8S. The third-order valence-electron chi connectivity index (χ3n) is 4.74. The van der Waals surface area contributed by atoms with E-state index in [0.29, 0.717) is 11.3 Å². The highest BCUT2D eigenvalue weighted by Gasteiger charge is 2.29. The Labute approximate surface area is 190 Å². The first kappa shape index (κ1) is 23.8. The van der Waals surface area contributed by atoms with Gasteiger partial charge in [0.2, 0.25) is 9.84 Å². The van der Waals surface area contributed by atoms with Gasteiger partial charge in [-0.25, -0.2) is 18.0 Å². The van der Waals surface area contributed by atoms with Crippen molar-refractivity contribution in [3.05, 3.63) is 83.9 Å². The summed E-state index contributed by atoms with van der Waals surface area (Å²) in [6.07, 6.45) is 0. The third-order valence-corrected chi connectivity index (χ3v) is 6.52. The Morgan fingerprint density at radius 2 is 1.39 bits per heavy atom. The van der Waals surface area contributed by atoms with Gasteiger partial charge in [-0.15, -0.1) is 0 Å². The summed E-state index contributed by atoms with van der Waals surface area (Å²) in [4.78, 5) is 22.3. The molecule has 2 N–H and O–H groups in total. The van der Waals surface area contributed by atoms with Crippen LogP contribution >= 0.6 is 0 Å². The predicted molar refractivity (Wildman–Crippen MR) is 118 cm³/mol. The lowest BCUT2D eigenvalue weighted by Crippen LogP contribution is -2.37. The van der Waals surface area contributed by atoms with E-state index in [1.807, 2.05) is 0 Å². The molecule has 33 heavy (non-hydrogen) atoms. The highest BCUT2D eigenvalue weighted by Crippen LogP contribution is 2.26. The second-order valence-corrected chi connectivity index (χ2v) is 9.61. The van der Waals surface area contributed by atoms with E-state index >= 15 is 0 Å². The van der Waals surface area contributed by atoms with Gasteiger partial charge in [-0.1, -0.05) is 12.1 Å². The number of ether oxygens (including phenoxy) is 2. The monoisotopic (exact) mass is 470 g/mol. The summed E-state index contributed by atoms with van der Waals surface area (Å²) in [5, 5.41) is 18.2. The van der Waals surface area contributed by atoms with Gasteiger partial charge >= 0.3 is 11.9 Å². The Morgan fingerprint density at radius 1 is 0.848 bits per heavy atom. The molecule has 172 valence electrons. The fraction of sp³-hybridized carbons (Fsp3) is 0.167. The molecule has 0 unspecified atom stereocenters. The summed E-state index contributed by atoms with van der Waals surface area (Å²) in [7, 11) is -3.81. The molecule has 3 aromatic rings. The van der Waals surface area contributed by atoms with Crippen LogP contribution in [0.5, 0.6) is 11.5 Å². The minimum Gasteiger partial charge on any atom is -0.489 e. The molecule has 0 aromatic heterocycles. The van der Waals surface area contributed by atoms with Gasteiger partial charge < -0.3 is 19.7 Å². The molecule has 3 aromatic carbocycles. The summed E-state index contributed by atoms with van der Waals surface area (Å²) < 4.78 is 36.8. The highest BCUT2D eigenvalue weighted by molar-refractivity contribution is 7.91. The SMILES string of the molecule is CC(C)(Oc1ccc(S(=O)(=O)c2ccc(OCc3cccc(C(=O)O)c3)cc2)cc1)C(=O)O. The summed E-state index contributed by atoms with van der Waals surface area (Å²) in [6.45, 7) is 2.92. The van der Waals surface area contributed by atoms with E-state index in [-0.39, 0.29) is 27.7 Å². The van der Waals surface area contributed by atoms with Crippen LogP contribution in [-0.4, -0.2) is 36.2 Å². The number of sulfone groups is 1. The van der Waals surface area contributed by atoms with Crippen LogP contribution in [0.25, 0.3) is 0 Å². The smallest absolute Gasteiger partial charge is 0.347 e. The van der Waals surface area contributed by atoms with E-state index in [1.165, 1.54) is 74.5 Å². The summed E-state index contributed by atoms with van der Waals surface area (Å²) >= 11 is 0. The van der Waals surface area contributed by atoms with Crippen molar-refractivity contribution in [2.24, 2.45) is 0 Å². The maximum atomic E-state index is 12.9. The number of aliphatic carboxylic acids is 1. The third kappa shape index (κ3) is 5.69. The number of carboxylic acid groups (broad SMARTS) is 2. The van der Waals surface area contributed by atoms with Crippen LogP contribution in [0, 0.1) is 0 Å². The van der Waals surface area contributed by atoms with Crippen molar-refractivity contribution < 1.29 is 37.7 Å². The zero-order chi connectivity index (χ0) is 24.2. The molecule has 0 radical (unpaired) electrons. The Morgan fingerprint density at radius 3 is 1.91 bits per heavy atom. The molecule has 8 nitrogen and oxygen atoms in total. The number of hydrogen-bond acceptors (Lipinski definition) is 6. The Hall–Kier alpha value is -3.85. The first-order chi connectivity index (χ1) is 15.5. The van der Waals surface area contributed by atoms with Gasteiger partial charge in [0.25, 0.3) is 0 Å². The number of benzene rings is 3. The van der Waals surface area contributed by atoms with Crippen LogP contribution in [0.4, 0.5) is 0 Å². The fourth-order valence-corrected chi connectivity index (χ4v) is 4.10. The summed E-state index contributed by atoms with van der Waals surface area (Å²) in [5.74, 6) is -1.51. The minimum atomic E-state index is -3.81. The van der Waals surface area contributed by atoms with E-state index in [0.717, 1.165) is 0 Å². The summed E-state index contributed by atoms with van der Waals surface area (Å²) in [6, 6.07) is 17.7. The quantitative estimate of drug-likeness (QED) is 0.480. The Bertz CT molecular complexity index is 1260. The van der Waals surface area contributed by atoms with Gasteiger partial charge in [-0.2, -0.15) is 0 Å². The first-order valence-electron chi connectivity index (χ1n) is 9.82. The highest BCUT2D eigenvalue weighted by atomic mass is 32.2. The molecule has 0 saturated heterocycles. The molecule has 0 aliphatic rings. The number of carboxylic acids is 2. The molecular weight excluding hydrogens is 448 g/mol. The summed E-state index contributed by atoms with van der Waals surface area (Å²) in [5.41, 5.74) is -0.633. The van der Waals surface area contributed by atoms with Crippen molar-refractivity contribution in [3.63, 3.8) is 0 Å². The second kappa shape index (κ2) is 9.33. The maximum absolute atomic E-state index is 12.9. The van der Waals surface area contributed by atoms with E-state index in [2.05, 4.69) is 0 Å². The van der Waals surface area contributed by atoms with Crippen LogP contribution < -0.4 is 9.47 Å². The van der Waals surface area contributed by atoms with Crippen LogP contribution in [0.3, 0.4) is 0 Å². The van der Waals surface area contributed by atoms with Crippen LogP contribution in [0.1, 0.15) is 29.8 Å². The van der Waals surface area contributed by atoms with E-state index in [4.69, 9.17) is 19.7 Å². The lowest BCUT2D eigenvalue weighted by Gasteiger charge is -2.21. The minimum absolute atomic E-state index is 0.0298. The molecule has 9 heteroatoms. The van der Waals surface area contributed by atoms with Crippen LogP contribution in [0.2, 0.25) is 0 Å². The standard InChI is InChI=1S/C24H22O8S/c1-24(2,23(27)28)32-19-8-12-21(13-9-19)33(29,30)20-10-6-18(7-11-20)31-15-16-4-3-5-17(14-16)22(25)26/h3-14H,15H2,1-2H3,(H,25,26)(H,27,28). The average molecular weight is 470 g/mol. The van der Waals surface area contributed by atoms with Gasteiger partial charge in [0.1, 0.15) is 18.1 Å². The van der Waals surface area contributed by atoms with Crippen molar-refractivity contribution in [1.29, 1.82) is 0 Å². The molecule has 0 amide bonds. The normalized spacial score (nSPS) is 11.6. The molecule has 0 spiro atoms. The predicted octanol–water partition coefficient (Wildman–Crippen LogP) is 4.04. The molecule has 0 aliphatic heterocycles. The van der Waals surface area contributed by atoms with Crippen molar-refractivity contribution in [1.82, 2.24) is 0 Å². The van der Waals surface area contributed by atoms with Crippen molar-refractivity contribution in [3.8, 4) is 11.5 Å². The molecule has 0 aliphatic carbocycles. The van der Waals surface area contributed by atoms with Gasteiger partial charge in [0, 0.05) is 0 Å². The van der Waals surface area contributed by atoms with Crippen LogP contribution in [0.15, 0.2) is 82.6 Å². The topological polar surface area (TPSA) is 127 Å². The lowest BCUT2D eigenvalue weighted by molar-refractivity contribution is -0.152. The van der Waals surface area contributed by atoms with Gasteiger partial charge in [-0.05, 0) is 80.1 Å². The first-order valence-corrected chi connectivity index (χ1v) is 11.3. The van der Waals surface area contributed by atoms with E-state index < -0.39 is 27.4 Å². The zero-order valence-corrected chi connectivity index (χ0v) is 18.7. The van der Waals surface area contributed by atoms with E-state index in [9.17, 15) is 18.0 Å². The molecule has 0 saturated carbocycles. The fourth-order valence-electron chi connectivity index (χ4n) is 2.84. The van der Waals surface area contributed by atoms with Crippen LogP contribution in [-0.2, 0) is 21.2 Å². The number of carbonyl (C=O) groups is 2.